The summed E-state index contributed by atoms with van der Waals surface area (Å²) < 4.78 is 14.8. The monoisotopic (exact) mass is 421 g/mol. The lowest BCUT2D eigenvalue weighted by Gasteiger charge is -2.28. The molecule has 6 nitrogen and oxygen atoms in total. The number of rotatable bonds is 3. The Kier molecular flexibility index (Phi) is 5.35. The highest BCUT2D eigenvalue weighted by atomic mass is 19.1. The van der Waals surface area contributed by atoms with E-state index >= 15 is 0 Å². The molecule has 2 aromatic carbocycles. The van der Waals surface area contributed by atoms with E-state index < -0.39 is 23.7 Å². The van der Waals surface area contributed by atoms with Gasteiger partial charge in [0.05, 0.1) is 11.4 Å². The Morgan fingerprint density at radius 3 is 2.39 bits per heavy atom. The first-order valence-corrected chi connectivity index (χ1v) is 10.3. The molecule has 4 rings (SSSR count). The number of imide groups is 2. The van der Waals surface area contributed by atoms with Gasteiger partial charge in [-0.2, -0.15) is 0 Å². The number of amides is 4. The van der Waals surface area contributed by atoms with Crippen molar-refractivity contribution in [2.24, 2.45) is 0 Å². The molecule has 2 aromatic rings. The second-order valence-electron chi connectivity index (χ2n) is 8.03. The molecule has 160 valence electrons. The van der Waals surface area contributed by atoms with Crippen molar-refractivity contribution < 1.29 is 18.8 Å². The molecule has 2 fully saturated rings. The number of benzene rings is 2. The fraction of sp³-hybridized carbons (Fsp3) is 0.292. The molecule has 2 aliphatic heterocycles. The summed E-state index contributed by atoms with van der Waals surface area (Å²) >= 11 is 0. The zero-order chi connectivity index (χ0) is 22.3. The number of urea groups is 1. The fourth-order valence-electron chi connectivity index (χ4n) is 4.05. The molecular weight excluding hydrogens is 397 g/mol. The molecule has 31 heavy (non-hydrogen) atoms. The van der Waals surface area contributed by atoms with Gasteiger partial charge in [-0.3, -0.25) is 14.9 Å². The summed E-state index contributed by atoms with van der Waals surface area (Å²) in [6.45, 7) is 7.11. The summed E-state index contributed by atoms with van der Waals surface area (Å²) in [5.41, 5.74) is 3.57. The summed E-state index contributed by atoms with van der Waals surface area (Å²) in [5, 5.41) is 2.22. The number of hydrogen-bond acceptors (Lipinski definition) is 4. The van der Waals surface area contributed by atoms with Gasteiger partial charge < -0.3 is 4.90 Å². The van der Waals surface area contributed by atoms with Crippen LogP contribution in [0.15, 0.2) is 35.9 Å². The highest BCUT2D eigenvalue weighted by molar-refractivity contribution is 6.39. The molecule has 0 bridgehead atoms. The molecule has 4 amide bonds. The van der Waals surface area contributed by atoms with Gasteiger partial charge >= 0.3 is 6.03 Å². The van der Waals surface area contributed by atoms with Crippen LogP contribution in [0.3, 0.4) is 0 Å². The van der Waals surface area contributed by atoms with Crippen molar-refractivity contribution in [2.75, 3.05) is 22.9 Å². The van der Waals surface area contributed by atoms with E-state index in [4.69, 9.17) is 0 Å². The molecule has 2 aliphatic rings. The van der Waals surface area contributed by atoms with Gasteiger partial charge in [-0.05, 0) is 80.1 Å². The molecule has 0 aromatic heterocycles. The van der Waals surface area contributed by atoms with Crippen LogP contribution in [0.25, 0.3) is 6.08 Å². The molecule has 0 atom stereocenters. The highest BCUT2D eigenvalue weighted by Crippen LogP contribution is 2.30. The number of carbonyl (C=O) groups is 3. The van der Waals surface area contributed by atoms with Crippen molar-refractivity contribution in [1.29, 1.82) is 0 Å². The molecule has 0 saturated carbocycles. The lowest BCUT2D eigenvalue weighted by atomic mass is 10.0. The number of carbonyl (C=O) groups excluding carboxylic acids is 3. The first-order chi connectivity index (χ1) is 14.8. The Hall–Kier alpha value is -3.48. The lowest BCUT2D eigenvalue weighted by Crippen LogP contribution is -2.54. The van der Waals surface area contributed by atoms with Crippen LogP contribution < -0.4 is 15.1 Å². The van der Waals surface area contributed by atoms with Crippen molar-refractivity contribution in [3.8, 4) is 0 Å². The predicted molar refractivity (Wildman–Crippen MR) is 118 cm³/mol. The Balaban J connectivity index is 1.74. The third-order valence-electron chi connectivity index (χ3n) is 6.00. The van der Waals surface area contributed by atoms with Gasteiger partial charge in [-0.15, -0.1) is 0 Å². The maximum absolute atomic E-state index is 14.8. The van der Waals surface area contributed by atoms with Crippen LogP contribution in [-0.4, -0.2) is 30.9 Å². The molecule has 1 N–H and O–H groups in total. The first-order valence-electron chi connectivity index (χ1n) is 10.3. The van der Waals surface area contributed by atoms with Gasteiger partial charge in [0.1, 0.15) is 11.4 Å². The summed E-state index contributed by atoms with van der Waals surface area (Å²) in [6.07, 6.45) is 3.41. The van der Waals surface area contributed by atoms with Gasteiger partial charge in [0.2, 0.25) is 0 Å². The van der Waals surface area contributed by atoms with Gasteiger partial charge in [0, 0.05) is 13.1 Å². The second-order valence-corrected chi connectivity index (χ2v) is 8.03. The Morgan fingerprint density at radius 1 is 0.968 bits per heavy atom. The largest absolute Gasteiger partial charge is 0.369 e. The van der Waals surface area contributed by atoms with Crippen LogP contribution in [0.2, 0.25) is 0 Å². The number of nitrogens with one attached hydrogen (secondary N) is 1. The Labute approximate surface area is 180 Å². The number of hydrogen-bond donors (Lipinski definition) is 1. The van der Waals surface area contributed by atoms with Gasteiger partial charge in [0.25, 0.3) is 11.8 Å². The minimum Gasteiger partial charge on any atom is -0.369 e. The summed E-state index contributed by atoms with van der Waals surface area (Å²) in [6, 6.07) is 7.56. The normalized spacial score (nSPS) is 18.2. The molecule has 0 radical (unpaired) electrons. The lowest BCUT2D eigenvalue weighted by molar-refractivity contribution is -0.122. The topological polar surface area (TPSA) is 69.7 Å². The zero-order valence-electron chi connectivity index (χ0n) is 17.8. The van der Waals surface area contributed by atoms with Crippen LogP contribution in [0.5, 0.6) is 0 Å². The third kappa shape index (κ3) is 3.71. The molecule has 2 saturated heterocycles. The van der Waals surface area contributed by atoms with E-state index in [9.17, 15) is 18.8 Å². The fourth-order valence-corrected chi connectivity index (χ4v) is 4.05. The number of halogens is 1. The van der Waals surface area contributed by atoms with Crippen molar-refractivity contribution in [3.63, 3.8) is 0 Å². The first kappa shape index (κ1) is 20.8. The smallest absolute Gasteiger partial charge is 0.335 e. The molecule has 0 aliphatic carbocycles. The number of aryl methyl sites for hydroxylation is 2. The summed E-state index contributed by atoms with van der Waals surface area (Å²) in [5.74, 6) is -1.92. The quantitative estimate of drug-likeness (QED) is 0.600. The van der Waals surface area contributed by atoms with Gasteiger partial charge in [0.15, 0.2) is 0 Å². The van der Waals surface area contributed by atoms with Crippen molar-refractivity contribution in [2.45, 2.75) is 33.6 Å². The van der Waals surface area contributed by atoms with E-state index in [1.807, 2.05) is 31.7 Å². The standard InChI is InChI=1S/C24H24FN3O3/c1-14-7-6-8-20(16(14)3)28-23(30)18(22(29)26-24(28)31)12-17-13-19(25)21(11-15(17)2)27-9-4-5-10-27/h6-8,11-13H,4-5,9-10H2,1-3H3,(H,26,29,31). The van der Waals surface area contributed by atoms with E-state index in [-0.39, 0.29) is 5.57 Å². The average Bonchev–Trinajstić information content (AvgIpc) is 3.25. The van der Waals surface area contributed by atoms with Crippen molar-refractivity contribution in [1.82, 2.24) is 5.32 Å². The van der Waals surface area contributed by atoms with Crippen LogP contribution in [-0.2, 0) is 9.59 Å². The SMILES string of the molecule is Cc1cc(N2CCCC2)c(F)cc1C=C1C(=O)NC(=O)N(c2cccc(C)c2C)C1=O. The van der Waals surface area contributed by atoms with Gasteiger partial charge in [-0.1, -0.05) is 12.1 Å². The predicted octanol–water partition coefficient (Wildman–Crippen LogP) is 4.02. The molecule has 2 heterocycles. The molecule has 7 heteroatoms. The minimum absolute atomic E-state index is 0.211. The Bertz CT molecular complexity index is 1130. The van der Waals surface area contributed by atoms with Crippen LogP contribution >= 0.6 is 0 Å². The van der Waals surface area contributed by atoms with Crippen molar-refractivity contribution in [3.05, 3.63) is 64.0 Å². The third-order valence-corrected chi connectivity index (χ3v) is 6.00. The number of barbiturate groups is 1. The number of nitrogens with zero attached hydrogens (tertiary/aromatic N) is 2. The van der Waals surface area contributed by atoms with Gasteiger partial charge in [-0.25, -0.2) is 14.1 Å². The van der Waals surface area contributed by atoms with E-state index in [1.54, 1.807) is 18.2 Å². The average molecular weight is 421 g/mol. The maximum atomic E-state index is 14.8. The molecular formula is C24H24FN3O3. The van der Waals surface area contributed by atoms with Crippen LogP contribution in [0.4, 0.5) is 20.6 Å². The maximum Gasteiger partial charge on any atom is 0.335 e. The Morgan fingerprint density at radius 2 is 1.68 bits per heavy atom. The highest BCUT2D eigenvalue weighted by Gasteiger charge is 2.37. The summed E-state index contributed by atoms with van der Waals surface area (Å²) in [7, 11) is 0. The molecule has 0 spiro atoms. The summed E-state index contributed by atoms with van der Waals surface area (Å²) in [4.78, 5) is 41.1. The number of anilines is 2. The van der Waals surface area contributed by atoms with E-state index in [0.29, 0.717) is 16.9 Å². The van der Waals surface area contributed by atoms with E-state index in [0.717, 1.165) is 47.5 Å². The zero-order valence-corrected chi connectivity index (χ0v) is 17.8. The van der Waals surface area contributed by atoms with E-state index in [1.165, 1.54) is 12.1 Å². The second kappa shape index (κ2) is 7.98. The van der Waals surface area contributed by atoms with Crippen LogP contribution in [0, 0.1) is 26.6 Å². The van der Waals surface area contributed by atoms with E-state index in [2.05, 4.69) is 5.32 Å². The van der Waals surface area contributed by atoms with Crippen LogP contribution in [0.1, 0.15) is 35.1 Å². The minimum atomic E-state index is -0.798. The van der Waals surface area contributed by atoms with Crippen molar-refractivity contribution >= 4 is 35.3 Å². The molecule has 0 unspecified atom stereocenters.